The second-order valence-corrected chi connectivity index (χ2v) is 4.73. The zero-order valence-corrected chi connectivity index (χ0v) is 11.8. The van der Waals surface area contributed by atoms with Gasteiger partial charge in [-0.25, -0.2) is 9.50 Å². The maximum Gasteiger partial charge on any atom is 0.152 e. The fourth-order valence-electron chi connectivity index (χ4n) is 1.77. The molecule has 0 aromatic carbocycles. The van der Waals surface area contributed by atoms with Crippen molar-refractivity contribution in [1.29, 1.82) is 0 Å². The smallest absolute Gasteiger partial charge is 0.152 e. The van der Waals surface area contributed by atoms with E-state index < -0.39 is 0 Å². The quantitative estimate of drug-likeness (QED) is 0.756. The van der Waals surface area contributed by atoms with Crippen LogP contribution in [0.2, 0.25) is 0 Å². The summed E-state index contributed by atoms with van der Waals surface area (Å²) in [7, 11) is 4.07. The van der Waals surface area contributed by atoms with Crippen LogP contribution in [0.1, 0.15) is 5.69 Å². The maximum absolute atomic E-state index is 5.53. The van der Waals surface area contributed by atoms with Gasteiger partial charge in [0.15, 0.2) is 5.82 Å². The Bertz CT molecular complexity index is 523. The summed E-state index contributed by atoms with van der Waals surface area (Å²) in [5.41, 5.74) is 1.98. The summed E-state index contributed by atoms with van der Waals surface area (Å²) in [6.45, 7) is 5.07. The molecule has 0 saturated carbocycles. The van der Waals surface area contributed by atoms with Gasteiger partial charge in [-0.05, 0) is 27.1 Å². The number of likely N-dealkylation sites (N-methyl/N-ethyl adjacent to an activating group) is 1. The van der Waals surface area contributed by atoms with E-state index in [2.05, 4.69) is 20.3 Å². The van der Waals surface area contributed by atoms with Gasteiger partial charge in [-0.15, -0.1) is 0 Å². The summed E-state index contributed by atoms with van der Waals surface area (Å²) in [5, 5.41) is 7.63. The van der Waals surface area contributed by atoms with Crippen molar-refractivity contribution in [3.63, 3.8) is 0 Å². The molecule has 0 atom stereocenters. The molecule has 0 aliphatic rings. The summed E-state index contributed by atoms with van der Waals surface area (Å²) >= 11 is 0. The van der Waals surface area contributed by atoms with Gasteiger partial charge in [-0.3, -0.25) is 0 Å². The third kappa shape index (κ3) is 3.90. The Balaban J connectivity index is 1.81. The summed E-state index contributed by atoms with van der Waals surface area (Å²) < 4.78 is 7.36. The van der Waals surface area contributed by atoms with Crippen molar-refractivity contribution in [1.82, 2.24) is 19.5 Å². The van der Waals surface area contributed by atoms with E-state index in [4.69, 9.17) is 4.74 Å². The number of nitrogens with one attached hydrogen (secondary N) is 1. The maximum atomic E-state index is 5.53. The van der Waals surface area contributed by atoms with Crippen molar-refractivity contribution < 1.29 is 4.74 Å². The molecule has 2 aromatic heterocycles. The number of fused-ring (bicyclic) bond motifs is 1. The lowest BCUT2D eigenvalue weighted by Crippen LogP contribution is -2.20. The highest BCUT2D eigenvalue weighted by atomic mass is 16.5. The second-order valence-electron chi connectivity index (χ2n) is 4.73. The van der Waals surface area contributed by atoms with Crippen molar-refractivity contribution in [2.45, 2.75) is 6.92 Å². The van der Waals surface area contributed by atoms with Gasteiger partial charge >= 0.3 is 0 Å². The molecule has 0 unspecified atom stereocenters. The van der Waals surface area contributed by atoms with E-state index in [9.17, 15) is 0 Å². The van der Waals surface area contributed by atoms with Crippen molar-refractivity contribution in [2.24, 2.45) is 0 Å². The minimum Gasteiger partial charge on any atom is -0.378 e. The summed E-state index contributed by atoms with van der Waals surface area (Å²) in [4.78, 5) is 6.43. The van der Waals surface area contributed by atoms with Crippen LogP contribution in [0.4, 0.5) is 5.82 Å². The first-order chi connectivity index (χ1) is 9.16. The highest BCUT2D eigenvalue weighted by Crippen LogP contribution is 2.13. The minimum absolute atomic E-state index is 0.670. The number of nitrogens with zero attached hydrogens (tertiary/aromatic N) is 4. The molecule has 0 fully saturated rings. The van der Waals surface area contributed by atoms with E-state index >= 15 is 0 Å². The van der Waals surface area contributed by atoms with Gasteiger partial charge in [-0.1, -0.05) is 0 Å². The molecule has 104 valence electrons. The lowest BCUT2D eigenvalue weighted by Gasteiger charge is -2.10. The summed E-state index contributed by atoms with van der Waals surface area (Å²) in [5.74, 6) is 0.847. The van der Waals surface area contributed by atoms with E-state index in [-0.39, 0.29) is 0 Å². The molecule has 0 saturated heterocycles. The van der Waals surface area contributed by atoms with Gasteiger partial charge in [-0.2, -0.15) is 5.10 Å². The largest absolute Gasteiger partial charge is 0.378 e. The first kappa shape index (κ1) is 13.8. The number of aromatic nitrogens is 3. The SMILES string of the molecule is Cc1cc2c(NCCOCCN(C)C)nccn2n1. The van der Waals surface area contributed by atoms with Crippen LogP contribution < -0.4 is 5.32 Å². The van der Waals surface area contributed by atoms with Crippen molar-refractivity contribution in [2.75, 3.05) is 45.7 Å². The molecular weight excluding hydrogens is 242 g/mol. The van der Waals surface area contributed by atoms with Gasteiger partial charge in [0.2, 0.25) is 0 Å². The molecule has 0 aliphatic carbocycles. The second kappa shape index (κ2) is 6.49. The van der Waals surface area contributed by atoms with Gasteiger partial charge in [0.1, 0.15) is 5.52 Å². The predicted molar refractivity (Wildman–Crippen MR) is 75.6 cm³/mol. The topological polar surface area (TPSA) is 54.7 Å². The van der Waals surface area contributed by atoms with Crippen molar-refractivity contribution in [3.05, 3.63) is 24.2 Å². The molecule has 6 heteroatoms. The Hall–Kier alpha value is -1.66. The highest BCUT2D eigenvalue weighted by molar-refractivity contribution is 5.67. The normalized spacial score (nSPS) is 11.4. The predicted octanol–water partition coefficient (Wildman–Crippen LogP) is 1.03. The third-order valence-corrected chi connectivity index (χ3v) is 2.73. The Morgan fingerprint density at radius 1 is 1.37 bits per heavy atom. The van der Waals surface area contributed by atoms with Crippen LogP contribution in [-0.4, -0.2) is 59.9 Å². The number of anilines is 1. The van der Waals surface area contributed by atoms with Crippen LogP contribution in [0.5, 0.6) is 0 Å². The average molecular weight is 263 g/mol. The van der Waals surface area contributed by atoms with Gasteiger partial charge in [0.05, 0.1) is 18.9 Å². The molecule has 19 heavy (non-hydrogen) atoms. The van der Waals surface area contributed by atoms with E-state index in [0.29, 0.717) is 6.61 Å². The van der Waals surface area contributed by atoms with Crippen LogP contribution in [0.15, 0.2) is 18.5 Å². The van der Waals surface area contributed by atoms with Crippen LogP contribution in [0.25, 0.3) is 5.52 Å². The highest BCUT2D eigenvalue weighted by Gasteiger charge is 2.04. The first-order valence-electron chi connectivity index (χ1n) is 6.44. The Labute approximate surface area is 113 Å². The molecule has 2 heterocycles. The first-order valence-corrected chi connectivity index (χ1v) is 6.44. The van der Waals surface area contributed by atoms with E-state index in [0.717, 1.165) is 36.7 Å². The minimum atomic E-state index is 0.670. The molecule has 6 nitrogen and oxygen atoms in total. The molecule has 0 aliphatic heterocycles. The van der Waals surface area contributed by atoms with E-state index in [1.807, 2.05) is 37.8 Å². The van der Waals surface area contributed by atoms with E-state index in [1.165, 1.54) is 0 Å². The zero-order chi connectivity index (χ0) is 13.7. The summed E-state index contributed by atoms with van der Waals surface area (Å²) in [6, 6.07) is 2.02. The van der Waals surface area contributed by atoms with Crippen molar-refractivity contribution >= 4 is 11.3 Å². The van der Waals surface area contributed by atoms with E-state index in [1.54, 1.807) is 6.20 Å². The molecule has 0 radical (unpaired) electrons. The zero-order valence-electron chi connectivity index (χ0n) is 11.8. The fraction of sp³-hybridized carbons (Fsp3) is 0.538. The van der Waals surface area contributed by atoms with Crippen molar-refractivity contribution in [3.8, 4) is 0 Å². The molecule has 0 spiro atoms. The Kier molecular flexibility index (Phi) is 4.70. The van der Waals surface area contributed by atoms with Crippen LogP contribution >= 0.6 is 0 Å². The fourth-order valence-corrected chi connectivity index (χ4v) is 1.77. The molecule has 2 rings (SSSR count). The standard InChI is InChI=1S/C13H21N5O/c1-11-10-12-13(14-4-6-18(12)16-11)15-5-8-19-9-7-17(2)3/h4,6,10H,5,7-9H2,1-3H3,(H,14,15). The number of ether oxygens (including phenoxy) is 1. The van der Waals surface area contributed by atoms with Gasteiger partial charge < -0.3 is 15.0 Å². The molecule has 1 N–H and O–H groups in total. The lowest BCUT2D eigenvalue weighted by atomic mass is 10.4. The number of rotatable bonds is 7. The lowest BCUT2D eigenvalue weighted by molar-refractivity contribution is 0.126. The Morgan fingerprint density at radius 2 is 2.21 bits per heavy atom. The van der Waals surface area contributed by atoms with Crippen LogP contribution in [0, 0.1) is 6.92 Å². The average Bonchev–Trinajstić information content (AvgIpc) is 2.74. The molecular formula is C13H21N5O. The third-order valence-electron chi connectivity index (χ3n) is 2.73. The van der Waals surface area contributed by atoms with Gasteiger partial charge in [0, 0.05) is 25.5 Å². The van der Waals surface area contributed by atoms with Crippen LogP contribution in [-0.2, 0) is 4.74 Å². The van der Waals surface area contributed by atoms with Gasteiger partial charge in [0.25, 0.3) is 0 Å². The molecule has 0 amide bonds. The number of hydrogen-bond acceptors (Lipinski definition) is 5. The number of hydrogen-bond donors (Lipinski definition) is 1. The number of aryl methyl sites for hydroxylation is 1. The molecule has 0 bridgehead atoms. The Morgan fingerprint density at radius 3 is 3.00 bits per heavy atom. The molecule has 2 aromatic rings. The monoisotopic (exact) mass is 263 g/mol. The summed E-state index contributed by atoms with van der Waals surface area (Å²) in [6.07, 6.45) is 3.59. The van der Waals surface area contributed by atoms with Crippen LogP contribution in [0.3, 0.4) is 0 Å².